The highest BCUT2D eigenvalue weighted by Gasteiger charge is 2.02. The van der Waals surface area contributed by atoms with E-state index in [-0.39, 0.29) is 5.84 Å². The van der Waals surface area contributed by atoms with Gasteiger partial charge in [0.15, 0.2) is 12.1 Å². The number of nitrogens with zero attached hydrogens (tertiary/aromatic N) is 4. The van der Waals surface area contributed by atoms with Crippen LogP contribution in [0.2, 0.25) is 0 Å². The fraction of sp³-hybridized carbons (Fsp3) is 0.300. The molecule has 2 aromatic heterocycles. The number of pyridine rings is 2. The Bertz CT molecular complexity index is 767. The Hall–Kier alpha value is -2.77. The summed E-state index contributed by atoms with van der Waals surface area (Å²) in [5, 5.41) is 6.64. The van der Waals surface area contributed by atoms with E-state index in [4.69, 9.17) is 11.6 Å². The van der Waals surface area contributed by atoms with E-state index < -0.39 is 0 Å². The molecule has 148 valence electrons. The van der Waals surface area contributed by atoms with Gasteiger partial charge in [-0.2, -0.15) is 0 Å². The van der Waals surface area contributed by atoms with Crippen molar-refractivity contribution in [3.8, 4) is 0 Å². The highest BCUT2D eigenvalue weighted by atomic mass is 35.5. The number of carbonyl (C=O) groups excluding carboxylic acids is 1. The second-order valence-electron chi connectivity index (χ2n) is 5.99. The lowest BCUT2D eigenvalue weighted by molar-refractivity contribution is -0.102. The number of hydrogen-bond acceptors (Lipinski definition) is 6. The Morgan fingerprint density at radius 2 is 1.89 bits per heavy atom. The Kier molecular flexibility index (Phi) is 9.68. The lowest BCUT2D eigenvalue weighted by Gasteiger charge is -2.18. The molecule has 8 heteroatoms. The molecule has 2 aromatic rings. The highest BCUT2D eigenvalue weighted by molar-refractivity contribution is 6.30. The minimum absolute atomic E-state index is 0.232. The van der Waals surface area contributed by atoms with Crippen LogP contribution < -0.4 is 10.6 Å². The van der Waals surface area contributed by atoms with Crippen LogP contribution in [0.25, 0.3) is 0 Å². The van der Waals surface area contributed by atoms with E-state index in [9.17, 15) is 4.79 Å². The van der Waals surface area contributed by atoms with E-state index in [1.54, 1.807) is 18.6 Å². The van der Waals surface area contributed by atoms with Crippen molar-refractivity contribution >= 4 is 23.7 Å². The van der Waals surface area contributed by atoms with Gasteiger partial charge in [0.25, 0.3) is 0 Å². The molecule has 0 fully saturated rings. The van der Waals surface area contributed by atoms with Crippen molar-refractivity contribution in [2.24, 2.45) is 4.99 Å². The van der Waals surface area contributed by atoms with Crippen molar-refractivity contribution < 1.29 is 4.79 Å². The SMILES string of the molecule is CN(CCNCc1ccccn1)/C(Cl)=C\NC(C=O)=NCCc1ccccn1. The van der Waals surface area contributed by atoms with Gasteiger partial charge in [0.05, 0.1) is 5.69 Å². The van der Waals surface area contributed by atoms with Crippen LogP contribution in [-0.4, -0.2) is 53.7 Å². The molecule has 0 aromatic carbocycles. The topological polar surface area (TPSA) is 82.5 Å². The van der Waals surface area contributed by atoms with Crippen LogP contribution in [0.3, 0.4) is 0 Å². The molecule has 2 N–H and O–H groups in total. The number of aldehydes is 1. The molecule has 0 bridgehead atoms. The summed E-state index contributed by atoms with van der Waals surface area (Å²) < 4.78 is 0. The average Bonchev–Trinajstić information content (AvgIpc) is 2.74. The summed E-state index contributed by atoms with van der Waals surface area (Å²) in [5.41, 5.74) is 1.93. The molecule has 0 aliphatic carbocycles. The third kappa shape index (κ3) is 8.28. The number of halogens is 1. The first-order valence-electron chi connectivity index (χ1n) is 9.02. The van der Waals surface area contributed by atoms with Gasteiger partial charge >= 0.3 is 0 Å². The number of amidine groups is 1. The monoisotopic (exact) mass is 400 g/mol. The number of rotatable bonds is 11. The quantitative estimate of drug-likeness (QED) is 0.197. The first-order chi connectivity index (χ1) is 13.7. The summed E-state index contributed by atoms with van der Waals surface area (Å²) in [7, 11) is 1.88. The number of aromatic nitrogens is 2. The first-order valence-corrected chi connectivity index (χ1v) is 9.40. The molecule has 0 atom stereocenters. The molecular formula is C20H25ClN6O. The Balaban J connectivity index is 1.70. The van der Waals surface area contributed by atoms with Gasteiger partial charge in [-0.15, -0.1) is 0 Å². The van der Waals surface area contributed by atoms with Crippen LogP contribution in [0.1, 0.15) is 11.4 Å². The first kappa shape index (κ1) is 21.5. The standard InChI is InChI=1S/C20H25ClN6O/c1-27(13-12-22-14-18-7-3-5-10-24-18)19(21)15-26-20(16-28)25-11-8-17-6-2-4-9-23-17/h2-7,9-10,15-16,22H,8,11-14H2,1H3,(H,25,26)/b19-15-. The fourth-order valence-corrected chi connectivity index (χ4v) is 2.41. The summed E-state index contributed by atoms with van der Waals surface area (Å²) in [4.78, 5) is 25.8. The Morgan fingerprint density at radius 1 is 1.18 bits per heavy atom. The minimum Gasteiger partial charge on any atom is -0.363 e. The van der Waals surface area contributed by atoms with Crippen LogP contribution in [-0.2, 0) is 17.8 Å². The van der Waals surface area contributed by atoms with Gasteiger partial charge in [-0.25, -0.2) is 0 Å². The Labute approximate surface area is 170 Å². The number of nitrogens with one attached hydrogen (secondary N) is 2. The second kappa shape index (κ2) is 12.6. The van der Waals surface area contributed by atoms with Crippen LogP contribution in [0.4, 0.5) is 0 Å². The maximum Gasteiger partial charge on any atom is 0.184 e. The Morgan fingerprint density at radius 3 is 2.54 bits per heavy atom. The summed E-state index contributed by atoms with van der Waals surface area (Å²) in [5.74, 6) is 0.232. The maximum atomic E-state index is 11.2. The fourth-order valence-electron chi connectivity index (χ4n) is 2.27. The van der Waals surface area contributed by atoms with E-state index in [0.29, 0.717) is 37.5 Å². The molecule has 0 unspecified atom stereocenters. The third-order valence-corrected chi connectivity index (χ3v) is 4.25. The lowest BCUT2D eigenvalue weighted by Crippen LogP contribution is -2.29. The number of aliphatic imine (C=N–C) groups is 1. The van der Waals surface area contributed by atoms with Gasteiger partial charge < -0.3 is 15.5 Å². The van der Waals surface area contributed by atoms with Gasteiger partial charge in [0.2, 0.25) is 0 Å². The number of likely N-dealkylation sites (N-methyl/N-ethyl adjacent to an activating group) is 1. The summed E-state index contributed by atoms with van der Waals surface area (Å²) in [6.07, 6.45) is 6.42. The van der Waals surface area contributed by atoms with E-state index in [1.165, 1.54) is 0 Å². The molecule has 0 saturated carbocycles. The van der Waals surface area contributed by atoms with E-state index in [0.717, 1.165) is 17.9 Å². The molecule has 0 radical (unpaired) electrons. The van der Waals surface area contributed by atoms with E-state index in [2.05, 4.69) is 25.6 Å². The van der Waals surface area contributed by atoms with Gasteiger partial charge in [-0.1, -0.05) is 23.7 Å². The molecule has 0 spiro atoms. The van der Waals surface area contributed by atoms with Crippen molar-refractivity contribution in [3.05, 3.63) is 71.5 Å². The van der Waals surface area contributed by atoms with Gasteiger partial charge in [-0.05, 0) is 24.3 Å². The zero-order valence-electron chi connectivity index (χ0n) is 15.9. The highest BCUT2D eigenvalue weighted by Crippen LogP contribution is 2.04. The van der Waals surface area contributed by atoms with Gasteiger partial charge in [0, 0.05) is 63.9 Å². The predicted molar refractivity (Wildman–Crippen MR) is 112 cm³/mol. The van der Waals surface area contributed by atoms with Crippen molar-refractivity contribution in [2.45, 2.75) is 13.0 Å². The minimum atomic E-state index is 0.232. The second-order valence-corrected chi connectivity index (χ2v) is 6.37. The van der Waals surface area contributed by atoms with Crippen LogP contribution in [0, 0.1) is 0 Å². The van der Waals surface area contributed by atoms with Crippen LogP contribution >= 0.6 is 11.6 Å². The van der Waals surface area contributed by atoms with Crippen molar-refractivity contribution in [2.75, 3.05) is 26.7 Å². The van der Waals surface area contributed by atoms with Crippen molar-refractivity contribution in [3.63, 3.8) is 0 Å². The van der Waals surface area contributed by atoms with E-state index >= 15 is 0 Å². The lowest BCUT2D eigenvalue weighted by atomic mass is 10.3. The van der Waals surface area contributed by atoms with Crippen molar-refractivity contribution in [1.29, 1.82) is 0 Å². The number of carbonyl (C=O) groups is 1. The molecule has 0 amide bonds. The van der Waals surface area contributed by atoms with Crippen LogP contribution in [0.15, 0.2) is 65.1 Å². The zero-order chi connectivity index (χ0) is 20.0. The van der Waals surface area contributed by atoms with Gasteiger partial charge in [0.1, 0.15) is 5.16 Å². The summed E-state index contributed by atoms with van der Waals surface area (Å²) in [6, 6.07) is 11.5. The molecule has 2 heterocycles. The third-order valence-electron chi connectivity index (χ3n) is 3.85. The van der Waals surface area contributed by atoms with E-state index in [1.807, 2.05) is 48.3 Å². The smallest absolute Gasteiger partial charge is 0.184 e. The maximum absolute atomic E-state index is 11.2. The molecule has 28 heavy (non-hydrogen) atoms. The molecule has 0 saturated heterocycles. The molecular weight excluding hydrogens is 376 g/mol. The number of hydrogen-bond donors (Lipinski definition) is 2. The molecule has 2 rings (SSSR count). The molecule has 0 aliphatic heterocycles. The summed E-state index contributed by atoms with van der Waals surface area (Å²) in [6.45, 7) is 2.62. The average molecular weight is 401 g/mol. The van der Waals surface area contributed by atoms with Gasteiger partial charge in [-0.3, -0.25) is 19.8 Å². The largest absolute Gasteiger partial charge is 0.363 e. The molecule has 0 aliphatic rings. The van der Waals surface area contributed by atoms with Crippen LogP contribution in [0.5, 0.6) is 0 Å². The predicted octanol–water partition coefficient (Wildman–Crippen LogP) is 1.97. The normalized spacial score (nSPS) is 11.9. The zero-order valence-corrected chi connectivity index (χ0v) is 16.6. The van der Waals surface area contributed by atoms with Crippen molar-refractivity contribution in [1.82, 2.24) is 25.5 Å². The molecule has 7 nitrogen and oxygen atoms in total. The summed E-state index contributed by atoms with van der Waals surface area (Å²) >= 11 is 6.26.